The van der Waals surface area contributed by atoms with Gasteiger partial charge in [-0.2, -0.15) is 0 Å². The molecule has 12 atom stereocenters. The quantitative estimate of drug-likeness (QED) is 0.0205. The van der Waals surface area contributed by atoms with Gasteiger partial charge in [-0.05, 0) is 109 Å². The molecule has 2 fully saturated rings. The van der Waals surface area contributed by atoms with Crippen LogP contribution in [0.2, 0.25) is 0 Å². The number of hydrogen-bond acceptors (Lipinski definition) is 13. The largest absolute Gasteiger partial charge is 0.394 e. The molecule has 2 rings (SSSR count). The van der Waals surface area contributed by atoms with Gasteiger partial charge in [-0.25, -0.2) is 0 Å². The van der Waals surface area contributed by atoms with Crippen molar-refractivity contribution < 1.29 is 64.6 Å². The molecule has 0 aromatic rings. The number of aliphatic hydroxyl groups excluding tert-OH is 8. The lowest BCUT2D eigenvalue weighted by Crippen LogP contribution is -2.65. The topological polar surface area (TPSA) is 228 Å². The van der Waals surface area contributed by atoms with E-state index < -0.39 is 86.8 Å². The standard InChI is InChI=1S/C65H103NO13/c1-3-5-7-9-11-13-15-17-19-21-22-23-24-25-26-27-28-29-30-31-32-33-35-37-39-41-43-45-47-49-57(70)66-53(54(69)48-46-44-42-40-38-36-34-20-18-16-14-12-10-8-6-4-2)52-76-64-62(75)60(73)63(56(51-68)78-64)79-65-61(74)59(72)58(71)55(50-67)77-65/h5,7,11,13,17-20,22-23,25-26,28-29,31-32,35,37-38,40-41,43,46,48,53-56,58-65,67-69,71-75H,3-4,6,8-10,12,14-16,21,24,27,30,33-34,36,39,42,44-45,47,49-52H2,1-2H3,(H,66,70)/b7-5-,13-11-,19-17-,20-18+,23-22-,26-25-,29-28-,32-31-,37-35-,40-38+,43-41-,48-46+. The van der Waals surface area contributed by atoms with Crippen LogP contribution in [-0.4, -0.2) is 140 Å². The van der Waals surface area contributed by atoms with E-state index in [9.17, 15) is 45.6 Å². The fraction of sp³-hybridized carbons (Fsp3) is 0.615. The van der Waals surface area contributed by atoms with Gasteiger partial charge in [0.25, 0.3) is 0 Å². The van der Waals surface area contributed by atoms with Crippen LogP contribution in [0.4, 0.5) is 0 Å². The number of allylic oxidation sites excluding steroid dienone is 23. The molecule has 0 spiro atoms. The van der Waals surface area contributed by atoms with E-state index in [4.69, 9.17) is 18.9 Å². The van der Waals surface area contributed by atoms with Crippen molar-refractivity contribution in [2.45, 2.75) is 235 Å². The lowest BCUT2D eigenvalue weighted by Gasteiger charge is -2.46. The zero-order chi connectivity index (χ0) is 57.4. The number of rotatable bonds is 44. The van der Waals surface area contributed by atoms with Gasteiger partial charge in [-0.1, -0.05) is 192 Å². The van der Waals surface area contributed by atoms with Gasteiger partial charge in [0, 0.05) is 6.42 Å². The molecule has 1 amide bonds. The summed E-state index contributed by atoms with van der Waals surface area (Å²) in [5, 5.41) is 87.0. The van der Waals surface area contributed by atoms with Crippen molar-refractivity contribution in [2.75, 3.05) is 19.8 Å². The minimum atomic E-state index is -1.81. The highest BCUT2D eigenvalue weighted by Gasteiger charge is 2.51. The summed E-state index contributed by atoms with van der Waals surface area (Å²) in [4.78, 5) is 13.2. The van der Waals surface area contributed by atoms with E-state index in [1.165, 1.54) is 38.5 Å². The maximum absolute atomic E-state index is 13.2. The van der Waals surface area contributed by atoms with Gasteiger partial charge < -0.3 is 65.1 Å². The molecule has 0 aromatic carbocycles. The van der Waals surface area contributed by atoms with Gasteiger partial charge >= 0.3 is 0 Å². The second kappa shape index (κ2) is 48.6. The zero-order valence-corrected chi connectivity index (χ0v) is 47.8. The lowest BCUT2D eigenvalue weighted by molar-refractivity contribution is -0.359. The molecule has 0 saturated carbocycles. The van der Waals surface area contributed by atoms with Gasteiger partial charge in [0.05, 0.1) is 32.0 Å². The van der Waals surface area contributed by atoms with Crippen LogP contribution in [0.3, 0.4) is 0 Å². The predicted molar refractivity (Wildman–Crippen MR) is 318 cm³/mol. The Bertz CT molecular complexity index is 1880. The predicted octanol–water partition coefficient (Wildman–Crippen LogP) is 10.2. The molecule has 12 unspecified atom stereocenters. The molecule has 79 heavy (non-hydrogen) atoms. The van der Waals surface area contributed by atoms with Crippen molar-refractivity contribution in [3.63, 3.8) is 0 Å². The van der Waals surface area contributed by atoms with Gasteiger partial charge in [-0.15, -0.1) is 0 Å². The third kappa shape index (κ3) is 34.0. The van der Waals surface area contributed by atoms with Gasteiger partial charge in [-0.3, -0.25) is 4.79 Å². The molecule has 0 radical (unpaired) electrons. The maximum atomic E-state index is 13.2. The molecule has 2 heterocycles. The molecule has 0 bridgehead atoms. The second-order valence-electron chi connectivity index (χ2n) is 20.0. The van der Waals surface area contributed by atoms with Crippen molar-refractivity contribution in [2.24, 2.45) is 0 Å². The monoisotopic (exact) mass is 1110 g/mol. The van der Waals surface area contributed by atoms with E-state index in [2.05, 4.69) is 147 Å². The average molecular weight is 1110 g/mol. The molecule has 446 valence electrons. The van der Waals surface area contributed by atoms with Gasteiger partial charge in [0.1, 0.15) is 48.8 Å². The van der Waals surface area contributed by atoms with E-state index in [1.807, 2.05) is 12.2 Å². The molecular weight excluding hydrogens is 1000 g/mol. The fourth-order valence-electron chi connectivity index (χ4n) is 8.50. The van der Waals surface area contributed by atoms with E-state index in [1.54, 1.807) is 6.08 Å². The summed E-state index contributed by atoms with van der Waals surface area (Å²) in [7, 11) is 0. The normalized spacial score (nSPS) is 25.5. The second-order valence-corrected chi connectivity index (χ2v) is 20.0. The summed E-state index contributed by atoms with van der Waals surface area (Å²) in [6.07, 6.45) is 56.0. The maximum Gasteiger partial charge on any atom is 0.220 e. The number of unbranched alkanes of at least 4 members (excludes halogenated alkanes) is 9. The minimum Gasteiger partial charge on any atom is -0.394 e. The third-order valence-corrected chi connectivity index (χ3v) is 13.2. The first-order valence-electron chi connectivity index (χ1n) is 29.6. The zero-order valence-electron chi connectivity index (χ0n) is 47.8. The summed E-state index contributed by atoms with van der Waals surface area (Å²) in [6, 6.07) is -0.980. The van der Waals surface area contributed by atoms with Crippen LogP contribution in [0, 0.1) is 0 Å². The van der Waals surface area contributed by atoms with Crippen LogP contribution in [0.15, 0.2) is 146 Å². The summed E-state index contributed by atoms with van der Waals surface area (Å²) >= 11 is 0. The number of hydrogen-bond donors (Lipinski definition) is 9. The Labute approximate surface area is 474 Å². The molecule has 14 heteroatoms. The van der Waals surface area contributed by atoms with Crippen molar-refractivity contribution in [1.82, 2.24) is 5.32 Å². The number of nitrogens with one attached hydrogen (secondary N) is 1. The van der Waals surface area contributed by atoms with Crippen molar-refractivity contribution >= 4 is 5.91 Å². The summed E-state index contributed by atoms with van der Waals surface area (Å²) in [5.74, 6) is -0.319. The third-order valence-electron chi connectivity index (χ3n) is 13.2. The highest BCUT2D eigenvalue weighted by molar-refractivity contribution is 5.76. The molecule has 14 nitrogen and oxygen atoms in total. The Morgan fingerprint density at radius 3 is 1.39 bits per heavy atom. The fourth-order valence-corrected chi connectivity index (χ4v) is 8.50. The number of carbonyl (C=O) groups excluding carboxylic acids is 1. The van der Waals surface area contributed by atoms with Gasteiger partial charge in [0.2, 0.25) is 5.91 Å². The first kappa shape index (κ1) is 71.0. The molecule has 2 saturated heterocycles. The molecule has 2 aliphatic rings. The number of amides is 1. The van der Waals surface area contributed by atoms with Crippen LogP contribution >= 0.6 is 0 Å². The lowest BCUT2D eigenvalue weighted by atomic mass is 9.97. The smallest absolute Gasteiger partial charge is 0.220 e. The molecular formula is C65H103NO13. The van der Waals surface area contributed by atoms with Gasteiger partial charge in [0.15, 0.2) is 12.6 Å². The van der Waals surface area contributed by atoms with Crippen molar-refractivity contribution in [1.29, 1.82) is 0 Å². The molecule has 9 N–H and O–H groups in total. The van der Waals surface area contributed by atoms with E-state index in [0.29, 0.717) is 19.3 Å². The Morgan fingerprint density at radius 1 is 0.468 bits per heavy atom. The first-order chi connectivity index (χ1) is 38.6. The SMILES string of the molecule is CC/C=C\C/C=C\C/C=C\C/C=C\C/C=C\C/C=C\C/C=C\C/C=C\C/C=C\CCCC(=O)NC(COC1OC(CO)C(OC2OC(CO)C(O)C(O)C2O)C(O)C1O)C(O)/C=C/CC/C=C/CC/C=C/CCCCCCCC. The first-order valence-corrected chi connectivity index (χ1v) is 29.6. The number of carbonyl (C=O) groups is 1. The number of aliphatic hydroxyl groups is 8. The van der Waals surface area contributed by atoms with Crippen molar-refractivity contribution in [3.05, 3.63) is 146 Å². The van der Waals surface area contributed by atoms with Crippen LogP contribution in [-0.2, 0) is 23.7 Å². The Kier molecular flexibility index (Phi) is 43.6. The van der Waals surface area contributed by atoms with Crippen LogP contribution < -0.4 is 5.32 Å². The molecule has 0 aromatic heterocycles. The highest BCUT2D eigenvalue weighted by atomic mass is 16.7. The van der Waals surface area contributed by atoms with Crippen LogP contribution in [0.5, 0.6) is 0 Å². The minimum absolute atomic E-state index is 0.179. The van der Waals surface area contributed by atoms with Crippen LogP contribution in [0.1, 0.15) is 162 Å². The summed E-state index contributed by atoms with van der Waals surface area (Å²) < 4.78 is 22.7. The molecule has 0 aliphatic carbocycles. The van der Waals surface area contributed by atoms with Crippen molar-refractivity contribution in [3.8, 4) is 0 Å². The average Bonchev–Trinajstić information content (AvgIpc) is 3.48. The van der Waals surface area contributed by atoms with E-state index in [0.717, 1.165) is 83.5 Å². The summed E-state index contributed by atoms with van der Waals surface area (Å²) in [6.45, 7) is 2.57. The number of ether oxygens (including phenoxy) is 4. The van der Waals surface area contributed by atoms with Crippen LogP contribution in [0.25, 0.3) is 0 Å². The van der Waals surface area contributed by atoms with E-state index >= 15 is 0 Å². The van der Waals surface area contributed by atoms with E-state index in [-0.39, 0.29) is 18.9 Å². The summed E-state index contributed by atoms with van der Waals surface area (Å²) in [5.41, 5.74) is 0. The Morgan fingerprint density at radius 2 is 0.886 bits per heavy atom. The Balaban J connectivity index is 1.81. The Hall–Kier alpha value is -4.13. The highest BCUT2D eigenvalue weighted by Crippen LogP contribution is 2.30. The molecule has 2 aliphatic heterocycles.